The van der Waals surface area contributed by atoms with Crippen LogP contribution in [0, 0.1) is 11.8 Å². The standard InChI is InChI=1S/C15H20N2OS/c1-12(17-15(18)9-11-19-2)14-7-5-13(6-8-14)4-3-10-16/h5-8,12H,9-11,16H2,1-2H3,(H,17,18). The summed E-state index contributed by atoms with van der Waals surface area (Å²) in [6.45, 7) is 2.35. The van der Waals surface area contributed by atoms with Gasteiger partial charge in [0.25, 0.3) is 0 Å². The minimum absolute atomic E-state index is 0.0193. The van der Waals surface area contributed by atoms with E-state index in [0.29, 0.717) is 13.0 Å². The summed E-state index contributed by atoms with van der Waals surface area (Å²) in [6.07, 6.45) is 2.56. The topological polar surface area (TPSA) is 55.1 Å². The Balaban J connectivity index is 2.57. The highest BCUT2D eigenvalue weighted by molar-refractivity contribution is 7.98. The quantitative estimate of drug-likeness (QED) is 0.808. The van der Waals surface area contributed by atoms with Gasteiger partial charge in [0.1, 0.15) is 0 Å². The van der Waals surface area contributed by atoms with Gasteiger partial charge in [-0.25, -0.2) is 0 Å². The molecule has 0 fully saturated rings. The first kappa shape index (κ1) is 15.6. The summed E-state index contributed by atoms with van der Waals surface area (Å²) in [4.78, 5) is 11.6. The average Bonchev–Trinajstić information content (AvgIpc) is 2.43. The smallest absolute Gasteiger partial charge is 0.221 e. The van der Waals surface area contributed by atoms with E-state index in [1.54, 1.807) is 11.8 Å². The van der Waals surface area contributed by atoms with Gasteiger partial charge in [-0.2, -0.15) is 11.8 Å². The lowest BCUT2D eigenvalue weighted by atomic mass is 10.1. The van der Waals surface area contributed by atoms with Crippen molar-refractivity contribution in [2.75, 3.05) is 18.6 Å². The maximum absolute atomic E-state index is 11.6. The number of rotatable bonds is 5. The van der Waals surface area contributed by atoms with Crippen LogP contribution >= 0.6 is 11.8 Å². The van der Waals surface area contributed by atoms with E-state index in [1.807, 2.05) is 37.4 Å². The van der Waals surface area contributed by atoms with Gasteiger partial charge in [0.2, 0.25) is 5.91 Å². The molecule has 1 aromatic carbocycles. The lowest BCUT2D eigenvalue weighted by Gasteiger charge is -2.14. The Morgan fingerprint density at radius 3 is 2.68 bits per heavy atom. The first-order valence-corrected chi connectivity index (χ1v) is 7.64. The van der Waals surface area contributed by atoms with Crippen molar-refractivity contribution in [3.63, 3.8) is 0 Å². The molecule has 0 aliphatic carbocycles. The third-order valence-corrected chi connectivity index (χ3v) is 3.27. The molecule has 0 saturated heterocycles. The fourth-order valence-corrected chi connectivity index (χ4v) is 1.99. The molecule has 0 spiro atoms. The van der Waals surface area contributed by atoms with Gasteiger partial charge in [0.05, 0.1) is 12.6 Å². The predicted molar refractivity (Wildman–Crippen MR) is 81.9 cm³/mol. The molecule has 1 aromatic rings. The molecule has 0 aliphatic rings. The lowest BCUT2D eigenvalue weighted by Crippen LogP contribution is -2.26. The highest BCUT2D eigenvalue weighted by Gasteiger charge is 2.08. The summed E-state index contributed by atoms with van der Waals surface area (Å²) in [5, 5.41) is 2.99. The van der Waals surface area contributed by atoms with Gasteiger partial charge < -0.3 is 11.1 Å². The lowest BCUT2D eigenvalue weighted by molar-refractivity contribution is -0.121. The molecule has 4 heteroatoms. The predicted octanol–water partition coefficient (Wildman–Crippen LogP) is 1.93. The number of amides is 1. The molecule has 19 heavy (non-hydrogen) atoms. The number of hydrogen-bond acceptors (Lipinski definition) is 3. The number of hydrogen-bond donors (Lipinski definition) is 2. The highest BCUT2D eigenvalue weighted by Crippen LogP contribution is 2.13. The molecule has 0 aliphatic heterocycles. The Morgan fingerprint density at radius 2 is 2.11 bits per heavy atom. The van der Waals surface area contributed by atoms with E-state index in [2.05, 4.69) is 17.2 Å². The normalized spacial score (nSPS) is 11.3. The summed E-state index contributed by atoms with van der Waals surface area (Å²) in [5.74, 6) is 6.73. The molecule has 102 valence electrons. The Kier molecular flexibility index (Phi) is 7.09. The van der Waals surface area contributed by atoms with Crippen LogP contribution in [-0.2, 0) is 4.79 Å². The van der Waals surface area contributed by atoms with Crippen LogP contribution in [0.3, 0.4) is 0 Å². The molecule has 0 saturated carbocycles. The molecule has 0 aromatic heterocycles. The molecular formula is C15H20N2OS. The number of nitrogens with one attached hydrogen (secondary N) is 1. The maximum atomic E-state index is 11.6. The van der Waals surface area contributed by atoms with Crippen molar-refractivity contribution in [3.05, 3.63) is 35.4 Å². The first-order valence-electron chi connectivity index (χ1n) is 6.24. The number of carbonyl (C=O) groups excluding carboxylic acids is 1. The van der Waals surface area contributed by atoms with Crippen LogP contribution in [0.5, 0.6) is 0 Å². The van der Waals surface area contributed by atoms with Crippen LogP contribution in [0.25, 0.3) is 0 Å². The number of benzene rings is 1. The molecule has 3 nitrogen and oxygen atoms in total. The molecule has 0 heterocycles. The van der Waals surface area contributed by atoms with Gasteiger partial charge in [0, 0.05) is 17.7 Å². The summed E-state index contributed by atoms with van der Waals surface area (Å²) in [5.41, 5.74) is 7.35. The third-order valence-electron chi connectivity index (χ3n) is 2.66. The molecule has 0 bridgehead atoms. The van der Waals surface area contributed by atoms with E-state index in [1.165, 1.54) is 0 Å². The second kappa shape index (κ2) is 8.63. The maximum Gasteiger partial charge on any atom is 0.221 e. The van der Waals surface area contributed by atoms with Crippen LogP contribution < -0.4 is 11.1 Å². The number of thioether (sulfide) groups is 1. The van der Waals surface area contributed by atoms with E-state index in [-0.39, 0.29) is 11.9 Å². The summed E-state index contributed by atoms with van der Waals surface area (Å²) in [7, 11) is 0. The van der Waals surface area contributed by atoms with E-state index in [0.717, 1.165) is 16.9 Å². The van der Waals surface area contributed by atoms with Crippen LogP contribution in [0.4, 0.5) is 0 Å². The molecule has 1 rings (SSSR count). The van der Waals surface area contributed by atoms with Crippen LogP contribution in [-0.4, -0.2) is 24.5 Å². The fraction of sp³-hybridized carbons (Fsp3) is 0.400. The Hall–Kier alpha value is -1.44. The molecule has 1 amide bonds. The van der Waals surface area contributed by atoms with Gasteiger partial charge in [-0.15, -0.1) is 0 Å². The van der Waals surface area contributed by atoms with Gasteiger partial charge >= 0.3 is 0 Å². The molecule has 3 N–H and O–H groups in total. The van der Waals surface area contributed by atoms with Crippen molar-refractivity contribution in [3.8, 4) is 11.8 Å². The van der Waals surface area contributed by atoms with E-state index in [9.17, 15) is 4.79 Å². The zero-order valence-corrected chi connectivity index (χ0v) is 12.2. The largest absolute Gasteiger partial charge is 0.350 e. The van der Waals surface area contributed by atoms with Crippen molar-refractivity contribution >= 4 is 17.7 Å². The Labute approximate surface area is 119 Å². The van der Waals surface area contributed by atoms with E-state index >= 15 is 0 Å². The summed E-state index contributed by atoms with van der Waals surface area (Å²) < 4.78 is 0. The molecule has 1 atom stereocenters. The summed E-state index contributed by atoms with van der Waals surface area (Å²) >= 11 is 1.68. The average molecular weight is 276 g/mol. The minimum Gasteiger partial charge on any atom is -0.350 e. The van der Waals surface area contributed by atoms with Crippen molar-refractivity contribution in [1.82, 2.24) is 5.32 Å². The minimum atomic E-state index is 0.0193. The van der Waals surface area contributed by atoms with Crippen molar-refractivity contribution in [2.45, 2.75) is 19.4 Å². The van der Waals surface area contributed by atoms with Crippen LogP contribution in [0.1, 0.15) is 30.5 Å². The monoisotopic (exact) mass is 276 g/mol. The fourth-order valence-electron chi connectivity index (χ4n) is 1.60. The molecular weight excluding hydrogens is 256 g/mol. The van der Waals surface area contributed by atoms with Crippen molar-refractivity contribution in [1.29, 1.82) is 0 Å². The van der Waals surface area contributed by atoms with Crippen molar-refractivity contribution < 1.29 is 4.79 Å². The third kappa shape index (κ3) is 5.82. The van der Waals surface area contributed by atoms with Gasteiger partial charge in [-0.05, 0) is 30.9 Å². The highest BCUT2D eigenvalue weighted by atomic mass is 32.2. The van der Waals surface area contributed by atoms with Crippen LogP contribution in [0.15, 0.2) is 24.3 Å². The summed E-state index contributed by atoms with van der Waals surface area (Å²) in [6, 6.07) is 7.89. The van der Waals surface area contributed by atoms with E-state index < -0.39 is 0 Å². The van der Waals surface area contributed by atoms with Gasteiger partial charge in [-0.3, -0.25) is 4.79 Å². The number of nitrogens with two attached hydrogens (primary N) is 1. The van der Waals surface area contributed by atoms with Gasteiger partial charge in [-0.1, -0.05) is 24.0 Å². The Bertz CT molecular complexity index is 459. The Morgan fingerprint density at radius 1 is 1.42 bits per heavy atom. The zero-order chi connectivity index (χ0) is 14.1. The number of carbonyl (C=O) groups is 1. The molecule has 0 radical (unpaired) electrons. The zero-order valence-electron chi connectivity index (χ0n) is 11.4. The first-order chi connectivity index (χ1) is 9.17. The second-order valence-corrected chi connectivity index (χ2v) is 5.15. The van der Waals surface area contributed by atoms with E-state index in [4.69, 9.17) is 5.73 Å². The second-order valence-electron chi connectivity index (χ2n) is 4.16. The van der Waals surface area contributed by atoms with Crippen LogP contribution in [0.2, 0.25) is 0 Å². The van der Waals surface area contributed by atoms with Gasteiger partial charge in [0.15, 0.2) is 0 Å². The molecule has 1 unspecified atom stereocenters. The van der Waals surface area contributed by atoms with Crippen molar-refractivity contribution in [2.24, 2.45) is 5.73 Å². The SMILES string of the molecule is CSCCC(=O)NC(C)c1ccc(C#CCN)cc1.